The summed E-state index contributed by atoms with van der Waals surface area (Å²) in [5.74, 6) is 0. The van der Waals surface area contributed by atoms with Crippen LogP contribution in [0.2, 0.25) is 0 Å². The smallest absolute Gasteiger partial charge is 0.0650 e. The van der Waals surface area contributed by atoms with E-state index >= 15 is 0 Å². The van der Waals surface area contributed by atoms with Crippen LogP contribution in [0, 0.1) is 5.41 Å². The Bertz CT molecular complexity index is 256. The maximum Gasteiger partial charge on any atom is 0.0650 e. The van der Waals surface area contributed by atoms with Gasteiger partial charge in [-0.05, 0) is 18.1 Å². The summed E-state index contributed by atoms with van der Waals surface area (Å²) in [5.41, 5.74) is 2.50. The van der Waals surface area contributed by atoms with Crippen molar-refractivity contribution in [2.24, 2.45) is 0 Å². The van der Waals surface area contributed by atoms with E-state index in [9.17, 15) is 0 Å². The van der Waals surface area contributed by atoms with Gasteiger partial charge in [0.2, 0.25) is 0 Å². The Morgan fingerprint density at radius 1 is 1.45 bits per heavy atom. The maximum absolute atomic E-state index is 7.09. The molecule has 56 valence electrons. The highest BCUT2D eigenvalue weighted by Gasteiger charge is 2.16. The summed E-state index contributed by atoms with van der Waals surface area (Å²) < 4.78 is 0. The minimum absolute atomic E-state index is 0.215. The molecule has 0 saturated heterocycles. The topological polar surface area (TPSA) is 35.9 Å². The molecule has 2 heteroatoms. The van der Waals surface area contributed by atoms with Crippen LogP contribution in [-0.2, 0) is 6.42 Å². The zero-order valence-electron chi connectivity index (χ0n) is 6.17. The predicted molar refractivity (Wildman–Crippen MR) is 46.3 cm³/mol. The summed E-state index contributed by atoms with van der Waals surface area (Å²) in [6.45, 7) is 0. The lowest BCUT2D eigenvalue weighted by Crippen LogP contribution is -2.15. The highest BCUT2D eigenvalue weighted by Crippen LogP contribution is 2.23. The van der Waals surface area contributed by atoms with E-state index < -0.39 is 0 Å². The lowest BCUT2D eigenvalue weighted by Gasteiger charge is -2.01. The molecule has 1 aromatic rings. The van der Waals surface area contributed by atoms with Gasteiger partial charge in [0.1, 0.15) is 0 Å². The van der Waals surface area contributed by atoms with Crippen LogP contribution in [0.15, 0.2) is 24.3 Å². The largest absolute Gasteiger partial charge is 0.377 e. The Kier molecular flexibility index (Phi) is 1.39. The average molecular weight is 146 g/mol. The zero-order valence-corrected chi connectivity index (χ0v) is 6.17. The molecular formula is C9H10N2. The highest BCUT2D eigenvalue weighted by atomic mass is 14.9. The van der Waals surface area contributed by atoms with Gasteiger partial charge in [-0.15, -0.1) is 0 Å². The fraction of sp³-hybridized carbons (Fsp3) is 0.222. The standard InChI is InChI=1S/C9H10N2/c10-6-8-5-7-3-1-2-4-9(7)11-8/h1-4,6,8,10-11H,5H2/t8-/m0/s1. The van der Waals surface area contributed by atoms with Gasteiger partial charge in [-0.25, -0.2) is 0 Å². The number of rotatable bonds is 1. The number of hydrogen-bond donors (Lipinski definition) is 2. The van der Waals surface area contributed by atoms with E-state index in [1.165, 1.54) is 17.5 Å². The predicted octanol–water partition coefficient (Wildman–Crippen LogP) is 1.67. The molecule has 11 heavy (non-hydrogen) atoms. The molecule has 1 heterocycles. The van der Waals surface area contributed by atoms with Crippen molar-refractivity contribution in [1.82, 2.24) is 0 Å². The van der Waals surface area contributed by atoms with Gasteiger partial charge in [0.25, 0.3) is 0 Å². The van der Waals surface area contributed by atoms with Crippen molar-refractivity contribution in [2.75, 3.05) is 5.32 Å². The third kappa shape index (κ3) is 1.00. The number of anilines is 1. The lowest BCUT2D eigenvalue weighted by molar-refractivity contribution is 0.981. The Labute approximate surface area is 65.8 Å². The Balaban J connectivity index is 2.33. The maximum atomic E-state index is 7.09. The Morgan fingerprint density at radius 3 is 3.00 bits per heavy atom. The van der Waals surface area contributed by atoms with Crippen LogP contribution >= 0.6 is 0 Å². The molecular weight excluding hydrogens is 136 g/mol. The first-order valence-corrected chi connectivity index (χ1v) is 3.75. The Morgan fingerprint density at radius 2 is 2.27 bits per heavy atom. The van der Waals surface area contributed by atoms with E-state index in [1.807, 2.05) is 12.1 Å². The molecule has 0 amide bonds. The van der Waals surface area contributed by atoms with E-state index in [0.717, 1.165) is 6.42 Å². The molecule has 0 unspecified atom stereocenters. The van der Waals surface area contributed by atoms with Crippen molar-refractivity contribution in [3.63, 3.8) is 0 Å². The van der Waals surface area contributed by atoms with E-state index in [2.05, 4.69) is 17.4 Å². The van der Waals surface area contributed by atoms with Gasteiger partial charge < -0.3 is 10.7 Å². The third-order valence-corrected chi connectivity index (χ3v) is 2.00. The summed E-state index contributed by atoms with van der Waals surface area (Å²) in [6, 6.07) is 8.42. The summed E-state index contributed by atoms with van der Waals surface area (Å²) in [6.07, 6.45) is 2.42. The molecule has 1 atom stereocenters. The second-order valence-electron chi connectivity index (χ2n) is 2.78. The van der Waals surface area contributed by atoms with Crippen molar-refractivity contribution in [2.45, 2.75) is 12.5 Å². The minimum atomic E-state index is 0.215. The second kappa shape index (κ2) is 2.38. The van der Waals surface area contributed by atoms with Gasteiger partial charge in [-0.3, -0.25) is 0 Å². The first kappa shape index (κ1) is 6.40. The first-order valence-electron chi connectivity index (χ1n) is 3.75. The molecule has 2 rings (SSSR count). The lowest BCUT2D eigenvalue weighted by atomic mass is 10.1. The van der Waals surface area contributed by atoms with E-state index in [4.69, 9.17) is 5.41 Å². The van der Waals surface area contributed by atoms with Crippen LogP contribution in [-0.4, -0.2) is 12.3 Å². The van der Waals surface area contributed by atoms with Crippen LogP contribution in [0.3, 0.4) is 0 Å². The first-order chi connectivity index (χ1) is 5.40. The number of fused-ring (bicyclic) bond motifs is 1. The van der Waals surface area contributed by atoms with Crippen molar-refractivity contribution in [3.05, 3.63) is 29.8 Å². The van der Waals surface area contributed by atoms with Crippen molar-refractivity contribution in [3.8, 4) is 0 Å². The SMILES string of the molecule is N=C[C@@H]1Cc2ccccc2N1. The molecule has 1 aliphatic rings. The molecule has 0 aliphatic carbocycles. The number of benzene rings is 1. The van der Waals surface area contributed by atoms with E-state index in [0.29, 0.717) is 0 Å². The fourth-order valence-corrected chi connectivity index (χ4v) is 1.43. The fourth-order valence-electron chi connectivity index (χ4n) is 1.43. The molecule has 0 radical (unpaired) electrons. The zero-order chi connectivity index (χ0) is 7.68. The van der Waals surface area contributed by atoms with Crippen LogP contribution < -0.4 is 5.32 Å². The number of hydrogen-bond acceptors (Lipinski definition) is 2. The Hall–Kier alpha value is -1.31. The molecule has 1 aromatic carbocycles. The number of para-hydroxylation sites is 1. The highest BCUT2D eigenvalue weighted by molar-refractivity contribution is 5.72. The van der Waals surface area contributed by atoms with E-state index in [-0.39, 0.29) is 6.04 Å². The second-order valence-corrected chi connectivity index (χ2v) is 2.78. The third-order valence-electron chi connectivity index (χ3n) is 2.00. The van der Waals surface area contributed by atoms with Crippen molar-refractivity contribution < 1.29 is 0 Å². The van der Waals surface area contributed by atoms with Crippen LogP contribution in [0.25, 0.3) is 0 Å². The summed E-state index contributed by atoms with van der Waals surface area (Å²) in [5, 5.41) is 10.3. The van der Waals surface area contributed by atoms with Gasteiger partial charge in [0.05, 0.1) is 6.04 Å². The number of nitrogens with one attached hydrogen (secondary N) is 2. The minimum Gasteiger partial charge on any atom is -0.377 e. The van der Waals surface area contributed by atoms with Gasteiger partial charge in [0, 0.05) is 11.9 Å². The molecule has 2 N–H and O–H groups in total. The molecule has 2 nitrogen and oxygen atoms in total. The summed E-state index contributed by atoms with van der Waals surface area (Å²) in [7, 11) is 0. The van der Waals surface area contributed by atoms with Crippen LogP contribution in [0.4, 0.5) is 5.69 Å². The van der Waals surface area contributed by atoms with Crippen molar-refractivity contribution >= 4 is 11.9 Å². The normalized spacial score (nSPS) is 20.5. The van der Waals surface area contributed by atoms with Gasteiger partial charge in [-0.2, -0.15) is 0 Å². The molecule has 0 fully saturated rings. The summed E-state index contributed by atoms with van der Waals surface area (Å²) in [4.78, 5) is 0. The molecule has 0 spiro atoms. The molecule has 0 bridgehead atoms. The quantitative estimate of drug-likeness (QED) is 0.581. The average Bonchev–Trinajstić information content (AvgIpc) is 2.46. The summed E-state index contributed by atoms with van der Waals surface area (Å²) >= 11 is 0. The van der Waals surface area contributed by atoms with Gasteiger partial charge in [-0.1, -0.05) is 18.2 Å². The molecule has 1 aliphatic heterocycles. The van der Waals surface area contributed by atoms with Crippen molar-refractivity contribution in [1.29, 1.82) is 5.41 Å². The van der Waals surface area contributed by atoms with E-state index in [1.54, 1.807) is 0 Å². The molecule has 0 saturated carbocycles. The van der Waals surface area contributed by atoms with Gasteiger partial charge >= 0.3 is 0 Å². The molecule has 0 aromatic heterocycles. The monoisotopic (exact) mass is 146 g/mol. The van der Waals surface area contributed by atoms with Crippen LogP contribution in [0.1, 0.15) is 5.56 Å². The van der Waals surface area contributed by atoms with Crippen LogP contribution in [0.5, 0.6) is 0 Å². The van der Waals surface area contributed by atoms with Gasteiger partial charge in [0.15, 0.2) is 0 Å².